The van der Waals surface area contributed by atoms with Crippen LogP contribution in [0, 0.1) is 6.92 Å². The monoisotopic (exact) mass is 722 g/mol. The van der Waals surface area contributed by atoms with Crippen molar-refractivity contribution >= 4 is 29.2 Å². The molecular weight excluding hydrogens is 681 g/mol. The second-order valence-electron chi connectivity index (χ2n) is 14.7. The SMILES string of the molecule is Cc1nn2c(N3CCN(CCOC(=O)c4cn(C(C)(C)C)nc4CN4C(=O)c5ccccc5C4=O)CC3)cc(-c3ccccc3)nc2c1-c1ccccc1. The molecule has 0 radical (unpaired) electrons. The number of benzene rings is 3. The minimum atomic E-state index is -0.536. The predicted octanol–water partition coefficient (Wildman–Crippen LogP) is 6.10. The summed E-state index contributed by atoms with van der Waals surface area (Å²) in [5, 5.41) is 9.63. The fourth-order valence-electron chi connectivity index (χ4n) is 7.15. The minimum absolute atomic E-state index is 0.126. The molecule has 54 heavy (non-hydrogen) atoms. The molecule has 1 saturated heterocycles. The third kappa shape index (κ3) is 6.53. The first-order chi connectivity index (χ1) is 26.1. The third-order valence-electron chi connectivity index (χ3n) is 10.1. The number of rotatable bonds is 9. The molecule has 0 spiro atoms. The van der Waals surface area contributed by atoms with Gasteiger partial charge in [-0.3, -0.25) is 24.1 Å². The van der Waals surface area contributed by atoms with Crippen LogP contribution in [-0.4, -0.2) is 91.3 Å². The summed E-state index contributed by atoms with van der Waals surface area (Å²) in [7, 11) is 0. The highest BCUT2D eigenvalue weighted by atomic mass is 16.5. The Balaban J connectivity index is 0.956. The van der Waals surface area contributed by atoms with E-state index in [2.05, 4.69) is 45.2 Å². The third-order valence-corrected chi connectivity index (χ3v) is 10.1. The number of amides is 2. The molecule has 0 atom stereocenters. The van der Waals surface area contributed by atoms with Gasteiger partial charge in [-0.15, -0.1) is 0 Å². The highest BCUT2D eigenvalue weighted by Crippen LogP contribution is 2.33. The van der Waals surface area contributed by atoms with Gasteiger partial charge in [0.1, 0.15) is 18.0 Å². The van der Waals surface area contributed by atoms with Crippen molar-refractivity contribution in [3.05, 3.63) is 125 Å². The zero-order valence-corrected chi connectivity index (χ0v) is 30.9. The van der Waals surface area contributed by atoms with Crippen LogP contribution in [-0.2, 0) is 16.8 Å². The highest BCUT2D eigenvalue weighted by molar-refractivity contribution is 6.21. The van der Waals surface area contributed by atoms with Crippen LogP contribution < -0.4 is 4.90 Å². The lowest BCUT2D eigenvalue weighted by atomic mass is 10.1. The van der Waals surface area contributed by atoms with Gasteiger partial charge in [0, 0.05) is 56.1 Å². The van der Waals surface area contributed by atoms with Crippen LogP contribution >= 0.6 is 0 Å². The van der Waals surface area contributed by atoms with Crippen molar-refractivity contribution < 1.29 is 19.1 Å². The Morgan fingerprint density at radius 3 is 2.04 bits per heavy atom. The Kier molecular flexibility index (Phi) is 9.06. The molecule has 3 aromatic heterocycles. The maximum atomic E-state index is 13.5. The van der Waals surface area contributed by atoms with Crippen LogP contribution in [0.3, 0.4) is 0 Å². The summed E-state index contributed by atoms with van der Waals surface area (Å²) >= 11 is 0. The summed E-state index contributed by atoms with van der Waals surface area (Å²) in [4.78, 5) is 50.7. The molecule has 3 aromatic carbocycles. The molecule has 0 unspecified atom stereocenters. The zero-order valence-electron chi connectivity index (χ0n) is 30.9. The van der Waals surface area contributed by atoms with E-state index in [4.69, 9.17) is 14.8 Å². The average molecular weight is 723 g/mol. The van der Waals surface area contributed by atoms with Gasteiger partial charge >= 0.3 is 5.97 Å². The number of hydrogen-bond acceptors (Lipinski definition) is 9. The first kappa shape index (κ1) is 34.9. The van der Waals surface area contributed by atoms with Gasteiger partial charge in [0.2, 0.25) is 0 Å². The average Bonchev–Trinajstić information content (AvgIpc) is 3.84. The number of aromatic nitrogens is 5. The fraction of sp³-hybridized carbons (Fsp3) is 0.286. The first-order valence-electron chi connectivity index (χ1n) is 18.3. The van der Waals surface area contributed by atoms with Crippen molar-refractivity contribution in [2.45, 2.75) is 39.8 Å². The number of esters is 1. The van der Waals surface area contributed by atoms with Gasteiger partial charge in [0.25, 0.3) is 11.8 Å². The summed E-state index contributed by atoms with van der Waals surface area (Å²) < 4.78 is 9.46. The van der Waals surface area contributed by atoms with Crippen molar-refractivity contribution in [2.75, 3.05) is 44.2 Å². The lowest BCUT2D eigenvalue weighted by Gasteiger charge is -2.36. The highest BCUT2D eigenvalue weighted by Gasteiger charge is 2.37. The molecule has 12 heteroatoms. The van der Waals surface area contributed by atoms with Crippen molar-refractivity contribution in [1.29, 1.82) is 0 Å². The maximum Gasteiger partial charge on any atom is 0.341 e. The molecule has 0 bridgehead atoms. The number of piperazine rings is 1. The lowest BCUT2D eigenvalue weighted by Crippen LogP contribution is -2.48. The van der Waals surface area contributed by atoms with E-state index in [1.807, 2.05) is 68.6 Å². The van der Waals surface area contributed by atoms with Crippen molar-refractivity contribution in [1.82, 2.24) is 34.2 Å². The van der Waals surface area contributed by atoms with Crippen LogP contribution in [0.4, 0.5) is 5.82 Å². The number of carbonyl (C=O) groups is 3. The molecule has 0 N–H and O–H groups in total. The van der Waals surface area contributed by atoms with Crippen molar-refractivity contribution in [3.8, 4) is 22.4 Å². The molecule has 274 valence electrons. The van der Waals surface area contributed by atoms with Crippen LogP contribution in [0.2, 0.25) is 0 Å². The Hall–Kier alpha value is -6.14. The standard InChI is InChI=1S/C42H42N8O4/c1-28-37(30-15-9-6-10-16-30)38-43-34(29-13-7-5-8-14-29)25-36(50(38)44-28)47-21-19-46(20-22-47)23-24-54-41(53)33-26-49(42(2,3)4)45-35(33)27-48-39(51)31-17-11-12-18-32(31)40(48)52/h5-18,25-26H,19-24,27H2,1-4H3. The minimum Gasteiger partial charge on any atom is -0.461 e. The van der Waals surface area contributed by atoms with Gasteiger partial charge in [0.15, 0.2) is 5.65 Å². The van der Waals surface area contributed by atoms with Crippen molar-refractivity contribution in [2.24, 2.45) is 0 Å². The fourth-order valence-corrected chi connectivity index (χ4v) is 7.15. The number of nitrogens with zero attached hydrogens (tertiary/aromatic N) is 8. The topological polar surface area (TPSA) is 118 Å². The quantitative estimate of drug-likeness (QED) is 0.129. The predicted molar refractivity (Wildman–Crippen MR) is 205 cm³/mol. The smallest absolute Gasteiger partial charge is 0.341 e. The zero-order chi connectivity index (χ0) is 37.6. The number of hydrogen-bond donors (Lipinski definition) is 0. The number of ether oxygens (including phenoxy) is 1. The Labute approximate surface area is 313 Å². The van der Waals surface area contributed by atoms with E-state index >= 15 is 0 Å². The number of carbonyl (C=O) groups excluding carboxylic acids is 3. The van der Waals surface area contributed by atoms with Gasteiger partial charge in [-0.25, -0.2) is 9.78 Å². The van der Waals surface area contributed by atoms with E-state index in [-0.39, 0.29) is 18.7 Å². The first-order valence-corrected chi connectivity index (χ1v) is 18.3. The molecule has 6 aromatic rings. The van der Waals surface area contributed by atoms with E-state index in [9.17, 15) is 14.4 Å². The summed E-state index contributed by atoms with van der Waals surface area (Å²) in [6, 6.07) is 29.3. The van der Waals surface area contributed by atoms with Crippen molar-refractivity contribution in [3.63, 3.8) is 0 Å². The maximum absolute atomic E-state index is 13.5. The van der Waals surface area contributed by atoms with Gasteiger partial charge in [-0.1, -0.05) is 72.8 Å². The molecule has 2 amide bonds. The molecule has 0 saturated carbocycles. The molecule has 5 heterocycles. The second kappa shape index (κ2) is 14.0. The largest absolute Gasteiger partial charge is 0.461 e. The van der Waals surface area contributed by atoms with Crippen LogP contribution in [0.15, 0.2) is 97.2 Å². The number of imide groups is 1. The molecule has 8 rings (SSSR count). The van der Waals surface area contributed by atoms with E-state index in [1.165, 1.54) is 0 Å². The number of anilines is 1. The molecule has 1 fully saturated rings. The normalized spacial score (nSPS) is 15.0. The van der Waals surface area contributed by atoms with Crippen LogP contribution in [0.1, 0.15) is 63.2 Å². The van der Waals surface area contributed by atoms with Gasteiger partial charge in [-0.05, 0) is 45.4 Å². The van der Waals surface area contributed by atoms with Crippen LogP contribution in [0.25, 0.3) is 28.0 Å². The Bertz CT molecular complexity index is 2340. The van der Waals surface area contributed by atoms with Gasteiger partial charge < -0.3 is 9.64 Å². The number of aryl methyl sites for hydroxylation is 1. The van der Waals surface area contributed by atoms with Gasteiger partial charge in [0.05, 0.1) is 40.3 Å². The molecule has 12 nitrogen and oxygen atoms in total. The summed E-state index contributed by atoms with van der Waals surface area (Å²) in [5.41, 5.74) is 6.60. The molecule has 0 aliphatic carbocycles. The Morgan fingerprint density at radius 2 is 1.41 bits per heavy atom. The molecule has 2 aliphatic heterocycles. The molecular formula is C42H42N8O4. The van der Waals surface area contributed by atoms with Crippen LogP contribution in [0.5, 0.6) is 0 Å². The van der Waals surface area contributed by atoms with Gasteiger partial charge in [-0.2, -0.15) is 14.7 Å². The van der Waals surface area contributed by atoms with E-state index < -0.39 is 23.3 Å². The Morgan fingerprint density at radius 1 is 0.796 bits per heavy atom. The molecule has 2 aliphatic rings. The summed E-state index contributed by atoms with van der Waals surface area (Å²) in [5.74, 6) is -0.353. The lowest BCUT2D eigenvalue weighted by molar-refractivity contribution is 0.0452. The van der Waals surface area contributed by atoms with E-state index in [0.717, 1.165) is 70.6 Å². The summed E-state index contributed by atoms with van der Waals surface area (Å²) in [6.07, 6.45) is 1.65. The second-order valence-corrected chi connectivity index (χ2v) is 14.7. The van der Waals surface area contributed by atoms with E-state index in [1.54, 1.807) is 35.1 Å². The number of fused-ring (bicyclic) bond motifs is 2. The summed E-state index contributed by atoms with van der Waals surface area (Å²) in [6.45, 7) is 11.6. The van der Waals surface area contributed by atoms with E-state index in [0.29, 0.717) is 23.4 Å².